The number of nitrogens with one attached hydrogen (secondary N) is 3. The predicted octanol–water partition coefficient (Wildman–Crippen LogP) is 1.75. The second-order valence-corrected chi connectivity index (χ2v) is 7.90. The number of halogens is 1. The Morgan fingerprint density at radius 1 is 1.26 bits per heavy atom. The highest BCUT2D eigenvalue weighted by atomic mass is 35.5. The van der Waals surface area contributed by atoms with Crippen LogP contribution in [-0.2, 0) is 9.53 Å². The summed E-state index contributed by atoms with van der Waals surface area (Å²) < 4.78 is 5.38. The van der Waals surface area contributed by atoms with Crippen LogP contribution in [0.5, 0.6) is 0 Å². The minimum atomic E-state index is -0.387. The lowest BCUT2D eigenvalue weighted by Crippen LogP contribution is -2.46. The standard InChI is InChI=1S/C22H30ClN5O3/c1-3-19(20(24-2)22(30)26-15-6-8-25-9-7-15)27-21(29)17-5-4-16(14-18(17)23)28-10-12-31-13-11-28/h3-5,14-15,25H,6-13H2,1-2H3,(H,26,30)(H,27,29)/b19-3+,24-20+. The highest BCUT2D eigenvalue weighted by molar-refractivity contribution is 6.45. The summed E-state index contributed by atoms with van der Waals surface area (Å²) in [6.45, 7) is 6.40. The summed E-state index contributed by atoms with van der Waals surface area (Å²) in [5, 5.41) is 9.42. The number of carbonyl (C=O) groups is 2. The molecule has 0 radical (unpaired) electrons. The average Bonchev–Trinajstić information content (AvgIpc) is 2.79. The lowest BCUT2D eigenvalue weighted by Gasteiger charge is -2.29. The number of hydrogen-bond acceptors (Lipinski definition) is 6. The monoisotopic (exact) mass is 447 g/mol. The van der Waals surface area contributed by atoms with Crippen molar-refractivity contribution in [1.82, 2.24) is 16.0 Å². The van der Waals surface area contributed by atoms with E-state index in [9.17, 15) is 9.59 Å². The third-order valence-electron chi connectivity index (χ3n) is 5.48. The number of morpholine rings is 1. The maximum absolute atomic E-state index is 12.9. The molecule has 2 fully saturated rings. The normalized spacial score (nSPS) is 18.6. The van der Waals surface area contributed by atoms with E-state index in [0.717, 1.165) is 44.7 Å². The number of piperidine rings is 1. The van der Waals surface area contributed by atoms with Crippen LogP contribution in [0.2, 0.25) is 5.02 Å². The molecule has 8 nitrogen and oxygen atoms in total. The van der Waals surface area contributed by atoms with Gasteiger partial charge in [-0.05, 0) is 51.1 Å². The molecule has 0 atom stereocenters. The molecule has 2 heterocycles. The topological polar surface area (TPSA) is 95.1 Å². The van der Waals surface area contributed by atoms with Gasteiger partial charge < -0.3 is 25.6 Å². The molecule has 0 aromatic heterocycles. The van der Waals surface area contributed by atoms with Crippen molar-refractivity contribution >= 4 is 34.8 Å². The fourth-order valence-electron chi connectivity index (χ4n) is 3.73. The second-order valence-electron chi connectivity index (χ2n) is 7.49. The fraction of sp³-hybridized carbons (Fsp3) is 0.500. The highest BCUT2D eigenvalue weighted by Gasteiger charge is 2.23. The van der Waals surface area contributed by atoms with Crippen LogP contribution in [0.4, 0.5) is 5.69 Å². The molecule has 2 saturated heterocycles. The smallest absolute Gasteiger partial charge is 0.271 e. The minimum absolute atomic E-state index is 0.0986. The molecule has 168 valence electrons. The fourth-order valence-corrected chi connectivity index (χ4v) is 3.99. The lowest BCUT2D eigenvalue weighted by atomic mass is 10.1. The van der Waals surface area contributed by atoms with Crippen LogP contribution in [0.3, 0.4) is 0 Å². The summed E-state index contributed by atoms with van der Waals surface area (Å²) in [7, 11) is 1.54. The number of allylic oxidation sites excluding steroid dienone is 1. The Morgan fingerprint density at radius 2 is 1.97 bits per heavy atom. The first-order valence-electron chi connectivity index (χ1n) is 10.6. The third kappa shape index (κ3) is 6.06. The third-order valence-corrected chi connectivity index (χ3v) is 5.79. The summed E-state index contributed by atoms with van der Waals surface area (Å²) >= 11 is 6.42. The zero-order valence-electron chi connectivity index (χ0n) is 18.0. The van der Waals surface area contributed by atoms with Crippen LogP contribution in [0.1, 0.15) is 30.1 Å². The van der Waals surface area contributed by atoms with Crippen LogP contribution in [-0.4, -0.2) is 70.0 Å². The van der Waals surface area contributed by atoms with E-state index in [1.807, 2.05) is 6.07 Å². The Bertz CT molecular complexity index is 859. The number of amides is 2. The molecular weight excluding hydrogens is 418 g/mol. The van der Waals surface area contributed by atoms with Crippen LogP contribution in [0.15, 0.2) is 35.0 Å². The van der Waals surface area contributed by atoms with Crippen LogP contribution in [0.25, 0.3) is 0 Å². The van der Waals surface area contributed by atoms with Gasteiger partial charge >= 0.3 is 0 Å². The van der Waals surface area contributed by atoms with Crippen LogP contribution >= 0.6 is 11.6 Å². The molecule has 0 aliphatic carbocycles. The molecule has 0 unspecified atom stereocenters. The largest absolute Gasteiger partial charge is 0.378 e. The van der Waals surface area contributed by atoms with E-state index >= 15 is 0 Å². The number of nitrogens with zero attached hydrogens (tertiary/aromatic N) is 2. The van der Waals surface area contributed by atoms with Gasteiger partial charge in [-0.1, -0.05) is 17.7 Å². The number of aliphatic imine (C=N–C) groups is 1. The van der Waals surface area contributed by atoms with Crippen LogP contribution < -0.4 is 20.9 Å². The summed E-state index contributed by atoms with van der Waals surface area (Å²) in [4.78, 5) is 31.9. The highest BCUT2D eigenvalue weighted by Crippen LogP contribution is 2.24. The quantitative estimate of drug-likeness (QED) is 0.577. The van der Waals surface area contributed by atoms with Crippen molar-refractivity contribution in [2.75, 3.05) is 51.3 Å². The zero-order chi connectivity index (χ0) is 22.2. The summed E-state index contributed by atoms with van der Waals surface area (Å²) in [6, 6.07) is 5.46. The maximum Gasteiger partial charge on any atom is 0.271 e. The first kappa shape index (κ1) is 23.2. The molecule has 0 spiro atoms. The summed E-state index contributed by atoms with van der Waals surface area (Å²) in [5.41, 5.74) is 1.84. The van der Waals surface area contributed by atoms with Gasteiger partial charge in [0.15, 0.2) is 0 Å². The number of hydrogen-bond donors (Lipinski definition) is 3. The molecule has 3 rings (SSSR count). The second kappa shape index (κ2) is 11.3. The number of benzene rings is 1. The van der Waals surface area contributed by atoms with E-state index in [2.05, 4.69) is 25.8 Å². The minimum Gasteiger partial charge on any atom is -0.378 e. The van der Waals surface area contributed by atoms with Gasteiger partial charge in [0.25, 0.3) is 11.8 Å². The van der Waals surface area contributed by atoms with Gasteiger partial charge in [-0.25, -0.2) is 0 Å². The molecule has 9 heteroatoms. The number of rotatable bonds is 6. The molecular formula is C22H30ClN5O3. The number of anilines is 1. The average molecular weight is 448 g/mol. The molecule has 2 aliphatic heterocycles. The van der Waals surface area contributed by atoms with Gasteiger partial charge in [0.05, 0.1) is 29.5 Å². The lowest BCUT2D eigenvalue weighted by molar-refractivity contribution is -0.115. The SMILES string of the molecule is C/C=C(NC(=O)c1ccc(N2CCOCC2)cc1Cl)\C(=N/C)C(=O)NC1CCNCC1. The Hall–Kier alpha value is -2.42. The van der Waals surface area contributed by atoms with E-state index in [-0.39, 0.29) is 23.6 Å². The van der Waals surface area contributed by atoms with Crippen molar-refractivity contribution < 1.29 is 14.3 Å². The molecule has 1 aromatic rings. The van der Waals surface area contributed by atoms with Gasteiger partial charge in [-0.15, -0.1) is 0 Å². The molecule has 31 heavy (non-hydrogen) atoms. The van der Waals surface area contributed by atoms with Gasteiger partial charge in [0, 0.05) is 31.9 Å². The summed E-state index contributed by atoms with van der Waals surface area (Å²) in [5.74, 6) is -0.681. The van der Waals surface area contributed by atoms with Crippen molar-refractivity contribution in [3.8, 4) is 0 Å². The first-order valence-corrected chi connectivity index (χ1v) is 11.0. The molecule has 0 bridgehead atoms. The van der Waals surface area contributed by atoms with E-state index in [1.54, 1.807) is 25.1 Å². The van der Waals surface area contributed by atoms with E-state index in [0.29, 0.717) is 29.5 Å². The Morgan fingerprint density at radius 3 is 2.58 bits per heavy atom. The molecule has 0 saturated carbocycles. The Kier molecular flexibility index (Phi) is 8.45. The van der Waals surface area contributed by atoms with Gasteiger partial charge in [-0.3, -0.25) is 14.6 Å². The Labute approximate surface area is 188 Å². The van der Waals surface area contributed by atoms with Gasteiger partial charge in [-0.2, -0.15) is 0 Å². The number of ether oxygens (including phenoxy) is 1. The van der Waals surface area contributed by atoms with Crippen molar-refractivity contribution in [2.45, 2.75) is 25.8 Å². The van der Waals surface area contributed by atoms with Crippen molar-refractivity contribution in [3.63, 3.8) is 0 Å². The van der Waals surface area contributed by atoms with Crippen molar-refractivity contribution in [2.24, 2.45) is 4.99 Å². The molecule has 2 amide bonds. The summed E-state index contributed by atoms with van der Waals surface area (Å²) in [6.07, 6.45) is 3.40. The van der Waals surface area contributed by atoms with Crippen molar-refractivity contribution in [3.05, 3.63) is 40.6 Å². The van der Waals surface area contributed by atoms with E-state index < -0.39 is 0 Å². The first-order chi connectivity index (χ1) is 15.0. The predicted molar refractivity (Wildman–Crippen MR) is 123 cm³/mol. The Balaban J connectivity index is 1.67. The molecule has 3 N–H and O–H groups in total. The molecule has 1 aromatic carbocycles. The maximum atomic E-state index is 12.9. The van der Waals surface area contributed by atoms with Gasteiger partial charge in [0.1, 0.15) is 5.71 Å². The van der Waals surface area contributed by atoms with Crippen molar-refractivity contribution in [1.29, 1.82) is 0 Å². The zero-order valence-corrected chi connectivity index (χ0v) is 18.8. The number of carbonyl (C=O) groups excluding carboxylic acids is 2. The van der Waals surface area contributed by atoms with Gasteiger partial charge in [0.2, 0.25) is 0 Å². The van der Waals surface area contributed by atoms with E-state index in [4.69, 9.17) is 16.3 Å². The van der Waals surface area contributed by atoms with E-state index in [1.165, 1.54) is 7.05 Å². The van der Waals surface area contributed by atoms with Crippen LogP contribution in [0, 0.1) is 0 Å². The molecule has 2 aliphatic rings.